The van der Waals surface area contributed by atoms with Gasteiger partial charge in [-0.1, -0.05) is 23.7 Å². The van der Waals surface area contributed by atoms with Crippen molar-refractivity contribution >= 4 is 17.5 Å². The van der Waals surface area contributed by atoms with Gasteiger partial charge in [0.05, 0.1) is 16.8 Å². The van der Waals surface area contributed by atoms with Gasteiger partial charge in [0.1, 0.15) is 0 Å². The minimum atomic E-state index is -2.40. The van der Waals surface area contributed by atoms with E-state index in [4.69, 9.17) is 11.6 Å². The van der Waals surface area contributed by atoms with Crippen molar-refractivity contribution in [1.29, 1.82) is 0 Å². The van der Waals surface area contributed by atoms with E-state index in [1.807, 2.05) is 0 Å². The Morgan fingerprint density at radius 2 is 2.12 bits per heavy atom. The van der Waals surface area contributed by atoms with Crippen molar-refractivity contribution in [1.82, 2.24) is 10.3 Å². The monoisotopic (exact) mass is 370 g/mol. The topological polar surface area (TPSA) is 62.2 Å². The lowest BCUT2D eigenvalue weighted by Crippen LogP contribution is -2.44. The van der Waals surface area contributed by atoms with Gasteiger partial charge >= 0.3 is 0 Å². The first kappa shape index (κ1) is 17.7. The summed E-state index contributed by atoms with van der Waals surface area (Å²) in [5.41, 5.74) is -2.46. The molecule has 4 nitrogen and oxygen atoms in total. The molecule has 0 fully saturated rings. The molecule has 25 heavy (non-hydrogen) atoms. The summed E-state index contributed by atoms with van der Waals surface area (Å²) in [4.78, 5) is 16.3. The summed E-state index contributed by atoms with van der Waals surface area (Å²) in [6.07, 6.45) is 0.238. The number of amides is 1. The number of pyridine rings is 1. The van der Waals surface area contributed by atoms with Gasteiger partial charge in [0.25, 0.3) is 5.91 Å². The molecule has 132 valence electrons. The number of hydrogen-bond donors (Lipinski definition) is 2. The van der Waals surface area contributed by atoms with Gasteiger partial charge in [0, 0.05) is 23.9 Å². The van der Waals surface area contributed by atoms with Crippen LogP contribution >= 0.6 is 11.6 Å². The molecule has 0 spiro atoms. The summed E-state index contributed by atoms with van der Waals surface area (Å²) in [5.74, 6) is -3.41. The van der Waals surface area contributed by atoms with E-state index in [0.717, 1.165) is 6.07 Å². The SMILES string of the molecule is O=C(NCc1ccc(Cl)c(F)c1F)C1(F)CCC(O)c2ncccc21. The fourth-order valence-electron chi connectivity index (χ4n) is 2.88. The Balaban J connectivity index is 1.82. The van der Waals surface area contributed by atoms with Crippen molar-refractivity contribution in [2.75, 3.05) is 0 Å². The summed E-state index contributed by atoms with van der Waals surface area (Å²) in [7, 11) is 0. The Morgan fingerprint density at radius 3 is 2.88 bits per heavy atom. The zero-order chi connectivity index (χ0) is 18.2. The molecular formula is C17H14ClF3N2O2. The minimum absolute atomic E-state index is 0.0194. The first-order chi connectivity index (χ1) is 11.8. The molecule has 2 unspecified atom stereocenters. The highest BCUT2D eigenvalue weighted by molar-refractivity contribution is 6.30. The predicted molar refractivity (Wildman–Crippen MR) is 84.4 cm³/mol. The van der Waals surface area contributed by atoms with Crippen LogP contribution in [0.4, 0.5) is 13.2 Å². The number of aliphatic hydroxyl groups is 1. The Morgan fingerprint density at radius 1 is 1.36 bits per heavy atom. The quantitative estimate of drug-likeness (QED) is 0.815. The van der Waals surface area contributed by atoms with Gasteiger partial charge in [-0.15, -0.1) is 0 Å². The molecule has 0 saturated heterocycles. The van der Waals surface area contributed by atoms with Crippen molar-refractivity contribution in [3.63, 3.8) is 0 Å². The maximum Gasteiger partial charge on any atom is 0.262 e. The minimum Gasteiger partial charge on any atom is -0.387 e. The van der Waals surface area contributed by atoms with Crippen molar-refractivity contribution in [3.8, 4) is 0 Å². The molecule has 2 atom stereocenters. The number of fused-ring (bicyclic) bond motifs is 1. The average molecular weight is 371 g/mol. The molecule has 2 N–H and O–H groups in total. The number of rotatable bonds is 3. The van der Waals surface area contributed by atoms with E-state index in [9.17, 15) is 18.7 Å². The van der Waals surface area contributed by atoms with Gasteiger partial charge in [0.2, 0.25) is 5.67 Å². The Hall–Kier alpha value is -2.12. The van der Waals surface area contributed by atoms with E-state index in [1.54, 1.807) is 0 Å². The second kappa shape index (κ2) is 6.65. The lowest BCUT2D eigenvalue weighted by Gasteiger charge is -2.32. The fraction of sp³-hybridized carbons (Fsp3) is 0.294. The van der Waals surface area contributed by atoms with Crippen LogP contribution < -0.4 is 5.32 Å². The molecule has 2 aromatic rings. The number of carbonyl (C=O) groups excluding carboxylic acids is 1. The first-order valence-corrected chi connectivity index (χ1v) is 7.95. The number of hydrogen-bond acceptors (Lipinski definition) is 3. The third-order valence-corrected chi connectivity index (χ3v) is 4.55. The number of nitrogens with one attached hydrogen (secondary N) is 1. The molecular weight excluding hydrogens is 357 g/mol. The molecule has 1 aromatic heterocycles. The van der Waals surface area contributed by atoms with Crippen LogP contribution in [-0.2, 0) is 17.0 Å². The van der Waals surface area contributed by atoms with E-state index in [2.05, 4.69) is 10.3 Å². The highest BCUT2D eigenvalue weighted by Gasteiger charge is 2.46. The van der Waals surface area contributed by atoms with Crippen LogP contribution in [0.3, 0.4) is 0 Å². The van der Waals surface area contributed by atoms with E-state index >= 15 is 4.39 Å². The van der Waals surface area contributed by atoms with E-state index in [-0.39, 0.29) is 34.7 Å². The van der Waals surface area contributed by atoms with Crippen molar-refractivity contribution in [2.24, 2.45) is 0 Å². The maximum absolute atomic E-state index is 15.3. The Kier molecular flexibility index (Phi) is 4.71. The first-order valence-electron chi connectivity index (χ1n) is 7.57. The van der Waals surface area contributed by atoms with Crippen LogP contribution in [0.15, 0.2) is 30.5 Å². The van der Waals surface area contributed by atoms with Gasteiger partial charge in [-0.3, -0.25) is 9.78 Å². The number of carbonyl (C=O) groups is 1. The summed E-state index contributed by atoms with van der Waals surface area (Å²) in [6, 6.07) is 5.22. The Bertz CT molecular complexity index is 834. The summed E-state index contributed by atoms with van der Waals surface area (Å²) in [5, 5.41) is 11.8. The molecule has 1 heterocycles. The molecule has 0 bridgehead atoms. The molecule has 1 amide bonds. The molecule has 0 saturated carbocycles. The number of benzene rings is 1. The van der Waals surface area contributed by atoms with Crippen LogP contribution in [0.25, 0.3) is 0 Å². The molecule has 0 radical (unpaired) electrons. The standard InChI is InChI=1S/C17H14ClF3N2O2/c18-11-4-3-9(13(19)14(11)20)8-23-16(25)17(21)6-5-12(24)15-10(17)2-1-7-22-15/h1-4,7,12,24H,5-6,8H2,(H,23,25). The molecule has 8 heteroatoms. The number of nitrogens with zero attached hydrogens (tertiary/aromatic N) is 1. The van der Waals surface area contributed by atoms with Gasteiger partial charge in [0.15, 0.2) is 11.6 Å². The Labute approximate surface area is 146 Å². The predicted octanol–water partition coefficient (Wildman–Crippen LogP) is 3.32. The van der Waals surface area contributed by atoms with Gasteiger partial charge in [-0.2, -0.15) is 0 Å². The largest absolute Gasteiger partial charge is 0.387 e. The van der Waals surface area contributed by atoms with Gasteiger partial charge in [-0.05, 0) is 25.0 Å². The zero-order valence-electron chi connectivity index (χ0n) is 12.9. The molecule has 0 aliphatic heterocycles. The van der Waals surface area contributed by atoms with Crippen molar-refractivity contribution in [3.05, 3.63) is 63.9 Å². The van der Waals surface area contributed by atoms with Gasteiger partial charge < -0.3 is 10.4 Å². The van der Waals surface area contributed by atoms with Crippen LogP contribution in [-0.4, -0.2) is 16.0 Å². The molecule has 1 aromatic carbocycles. The second-order valence-corrected chi connectivity index (χ2v) is 6.22. The average Bonchev–Trinajstić information content (AvgIpc) is 2.62. The van der Waals surface area contributed by atoms with Gasteiger partial charge in [-0.25, -0.2) is 13.2 Å². The van der Waals surface area contributed by atoms with Crippen LogP contribution in [0, 0.1) is 11.6 Å². The molecule has 1 aliphatic rings. The maximum atomic E-state index is 15.3. The third-order valence-electron chi connectivity index (χ3n) is 4.26. The normalized spacial score (nSPS) is 22.4. The number of aliphatic hydroxyl groups excluding tert-OH is 1. The smallest absolute Gasteiger partial charge is 0.262 e. The third kappa shape index (κ3) is 3.09. The lowest BCUT2D eigenvalue weighted by molar-refractivity contribution is -0.135. The second-order valence-electron chi connectivity index (χ2n) is 5.81. The molecule has 1 aliphatic carbocycles. The van der Waals surface area contributed by atoms with E-state index in [1.165, 1.54) is 24.4 Å². The van der Waals surface area contributed by atoms with E-state index in [0.29, 0.717) is 0 Å². The number of aromatic nitrogens is 1. The van der Waals surface area contributed by atoms with Crippen LogP contribution in [0.5, 0.6) is 0 Å². The number of halogens is 4. The van der Waals surface area contributed by atoms with Crippen molar-refractivity contribution in [2.45, 2.75) is 31.2 Å². The van der Waals surface area contributed by atoms with Crippen molar-refractivity contribution < 1.29 is 23.1 Å². The summed E-state index contributed by atoms with van der Waals surface area (Å²) < 4.78 is 42.6. The van der Waals surface area contributed by atoms with E-state index < -0.39 is 35.9 Å². The van der Waals surface area contributed by atoms with Crippen LogP contribution in [0.2, 0.25) is 5.02 Å². The zero-order valence-corrected chi connectivity index (χ0v) is 13.7. The number of alkyl halides is 1. The fourth-order valence-corrected chi connectivity index (χ4v) is 3.02. The summed E-state index contributed by atoms with van der Waals surface area (Å²) in [6.45, 7) is -0.400. The molecule has 3 rings (SSSR count). The summed E-state index contributed by atoms with van der Waals surface area (Å²) >= 11 is 5.47. The van der Waals surface area contributed by atoms with Crippen LogP contribution in [0.1, 0.15) is 35.8 Å². The highest BCUT2D eigenvalue weighted by Crippen LogP contribution is 2.42. The highest BCUT2D eigenvalue weighted by atomic mass is 35.5. The lowest BCUT2D eigenvalue weighted by atomic mass is 9.81.